The van der Waals surface area contributed by atoms with Gasteiger partial charge in [-0.15, -0.1) is 0 Å². The zero-order valence-electron chi connectivity index (χ0n) is 14.0. The third-order valence-corrected chi connectivity index (χ3v) is 5.53. The summed E-state index contributed by atoms with van der Waals surface area (Å²) >= 11 is 5.72. The molecule has 7 heteroatoms. The maximum absolute atomic E-state index is 12.6. The van der Waals surface area contributed by atoms with Crippen molar-refractivity contribution >= 4 is 17.5 Å². The molecule has 1 aromatic heterocycles. The normalized spacial score (nSPS) is 27.9. The molecule has 0 aliphatic carbocycles. The summed E-state index contributed by atoms with van der Waals surface area (Å²) in [4.78, 5) is 21.7. The van der Waals surface area contributed by atoms with Crippen molar-refractivity contribution in [3.05, 3.63) is 41.3 Å². The number of carbonyl (C=O) groups excluding carboxylic acids is 1. The fourth-order valence-electron chi connectivity index (χ4n) is 3.91. The molecule has 2 aromatic rings. The minimum Gasteiger partial charge on any atom is -0.439 e. The third kappa shape index (κ3) is 3.37. The van der Waals surface area contributed by atoms with Crippen LogP contribution in [0.25, 0.3) is 0 Å². The van der Waals surface area contributed by atoms with E-state index >= 15 is 0 Å². The Balaban J connectivity index is 1.40. The van der Waals surface area contributed by atoms with Crippen LogP contribution in [0.4, 0.5) is 0 Å². The topological polar surface area (TPSA) is 70.2 Å². The molecule has 3 aliphatic heterocycles. The number of H-pyrrole nitrogens is 1. The van der Waals surface area contributed by atoms with Gasteiger partial charge in [-0.05, 0) is 74.6 Å². The molecule has 3 fully saturated rings. The second-order valence-corrected chi connectivity index (χ2v) is 7.14. The first-order valence-corrected chi connectivity index (χ1v) is 9.01. The smallest absolute Gasteiger partial charge is 0.251 e. The van der Waals surface area contributed by atoms with E-state index in [9.17, 15) is 4.79 Å². The zero-order chi connectivity index (χ0) is 17.4. The number of nitrogens with zero attached hydrogens (tertiary/aromatic N) is 2. The molecule has 6 nitrogen and oxygen atoms in total. The highest BCUT2D eigenvalue weighted by molar-refractivity contribution is 6.28. The molecule has 3 saturated heterocycles. The van der Waals surface area contributed by atoms with Crippen molar-refractivity contribution < 1.29 is 9.53 Å². The molecule has 3 aliphatic rings. The van der Waals surface area contributed by atoms with Crippen LogP contribution in [0.2, 0.25) is 5.28 Å². The number of ether oxygens (including phenoxy) is 1. The first-order chi connectivity index (χ1) is 12.1. The predicted molar refractivity (Wildman–Crippen MR) is 95.1 cm³/mol. The van der Waals surface area contributed by atoms with Gasteiger partial charge >= 0.3 is 0 Å². The number of hydrogen-bond acceptors (Lipinski definition) is 4. The van der Waals surface area contributed by atoms with Gasteiger partial charge in [0.15, 0.2) is 0 Å². The van der Waals surface area contributed by atoms with E-state index in [2.05, 4.69) is 27.1 Å². The van der Waals surface area contributed by atoms with Gasteiger partial charge in [0.1, 0.15) is 5.75 Å². The first-order valence-electron chi connectivity index (χ1n) is 8.63. The number of imidazole rings is 1. The second kappa shape index (κ2) is 6.69. The number of aromatic amines is 1. The van der Waals surface area contributed by atoms with Gasteiger partial charge in [-0.25, -0.2) is 4.98 Å². The van der Waals surface area contributed by atoms with Crippen LogP contribution in [0.5, 0.6) is 11.6 Å². The van der Waals surface area contributed by atoms with Crippen molar-refractivity contribution in [2.75, 3.05) is 13.1 Å². The van der Waals surface area contributed by atoms with Crippen molar-refractivity contribution in [1.82, 2.24) is 20.2 Å². The SMILES string of the molecule is C[C@@H]1[C@H](NC(=O)c2ccc(Oc3cnc(Cl)[nH]3)cc2)C2CCN1CC2. The maximum Gasteiger partial charge on any atom is 0.251 e. The van der Waals surface area contributed by atoms with Gasteiger partial charge in [0, 0.05) is 17.6 Å². The molecule has 5 rings (SSSR count). The van der Waals surface area contributed by atoms with Gasteiger partial charge in [-0.1, -0.05) is 0 Å². The molecular weight excluding hydrogens is 340 g/mol. The Morgan fingerprint density at radius 3 is 2.64 bits per heavy atom. The number of aromatic nitrogens is 2. The van der Waals surface area contributed by atoms with Crippen molar-refractivity contribution in [3.63, 3.8) is 0 Å². The van der Waals surface area contributed by atoms with E-state index in [1.54, 1.807) is 24.3 Å². The van der Waals surface area contributed by atoms with Crippen LogP contribution < -0.4 is 10.1 Å². The van der Waals surface area contributed by atoms with Gasteiger partial charge in [-0.3, -0.25) is 14.7 Å². The quantitative estimate of drug-likeness (QED) is 0.879. The monoisotopic (exact) mass is 360 g/mol. The fourth-order valence-corrected chi connectivity index (χ4v) is 4.06. The molecule has 2 N–H and O–H groups in total. The minimum atomic E-state index is -0.0262. The summed E-state index contributed by atoms with van der Waals surface area (Å²) in [7, 11) is 0. The number of nitrogens with one attached hydrogen (secondary N) is 2. The highest BCUT2D eigenvalue weighted by atomic mass is 35.5. The van der Waals surface area contributed by atoms with Gasteiger partial charge in [0.25, 0.3) is 5.91 Å². The lowest BCUT2D eigenvalue weighted by Crippen LogP contribution is -2.62. The average molecular weight is 361 g/mol. The van der Waals surface area contributed by atoms with Crippen molar-refractivity contribution in [1.29, 1.82) is 0 Å². The number of piperidine rings is 3. The minimum absolute atomic E-state index is 0.0262. The Labute approximate surface area is 151 Å². The van der Waals surface area contributed by atoms with Crippen LogP contribution in [0, 0.1) is 5.92 Å². The number of halogens is 1. The van der Waals surface area contributed by atoms with Crippen LogP contribution in [-0.4, -0.2) is 45.9 Å². The summed E-state index contributed by atoms with van der Waals surface area (Å²) in [5.41, 5.74) is 0.638. The average Bonchev–Trinajstić information content (AvgIpc) is 3.04. The molecule has 2 bridgehead atoms. The highest BCUT2D eigenvalue weighted by Crippen LogP contribution is 2.32. The molecule has 0 spiro atoms. The largest absolute Gasteiger partial charge is 0.439 e. The predicted octanol–water partition coefficient (Wildman–Crippen LogP) is 3.07. The van der Waals surface area contributed by atoms with E-state index in [0.29, 0.717) is 29.2 Å². The molecule has 1 amide bonds. The Bertz CT molecular complexity index is 751. The summed E-state index contributed by atoms with van der Waals surface area (Å²) in [6.07, 6.45) is 3.86. The Morgan fingerprint density at radius 1 is 1.32 bits per heavy atom. The van der Waals surface area contributed by atoms with E-state index in [0.717, 1.165) is 13.1 Å². The number of carbonyl (C=O) groups is 1. The van der Waals surface area contributed by atoms with Crippen molar-refractivity contribution in [3.8, 4) is 11.6 Å². The number of benzene rings is 1. The zero-order valence-corrected chi connectivity index (χ0v) is 14.8. The molecule has 0 radical (unpaired) electrons. The van der Waals surface area contributed by atoms with E-state index in [1.807, 2.05) is 0 Å². The molecule has 0 saturated carbocycles. The lowest BCUT2D eigenvalue weighted by Gasteiger charge is -2.49. The summed E-state index contributed by atoms with van der Waals surface area (Å²) in [6.45, 7) is 4.52. The van der Waals surface area contributed by atoms with Gasteiger partial charge in [0.05, 0.1) is 6.20 Å². The van der Waals surface area contributed by atoms with Gasteiger partial charge in [-0.2, -0.15) is 0 Å². The number of fused-ring (bicyclic) bond motifs is 3. The Kier molecular flexibility index (Phi) is 4.39. The number of amides is 1. The lowest BCUT2D eigenvalue weighted by molar-refractivity contribution is 0.0217. The number of hydrogen-bond donors (Lipinski definition) is 2. The standard InChI is InChI=1S/C18H21ClN4O2/c1-11-16(12-6-8-23(11)9-7-12)22-17(24)13-2-4-14(5-3-13)25-15-10-20-18(19)21-15/h2-5,10-12,16H,6-9H2,1H3,(H,20,21)(H,22,24)/t11-,16+/m1/s1. The molecular formula is C18H21ClN4O2. The molecule has 132 valence electrons. The lowest BCUT2D eigenvalue weighted by atomic mass is 9.79. The summed E-state index contributed by atoms with van der Waals surface area (Å²) in [5.74, 6) is 1.65. The van der Waals surface area contributed by atoms with E-state index in [4.69, 9.17) is 16.3 Å². The van der Waals surface area contributed by atoms with E-state index in [1.165, 1.54) is 19.0 Å². The van der Waals surface area contributed by atoms with Crippen LogP contribution in [0.3, 0.4) is 0 Å². The molecule has 4 heterocycles. The van der Waals surface area contributed by atoms with Crippen molar-refractivity contribution in [2.24, 2.45) is 5.92 Å². The van der Waals surface area contributed by atoms with E-state index < -0.39 is 0 Å². The summed E-state index contributed by atoms with van der Waals surface area (Å²) < 4.78 is 5.60. The van der Waals surface area contributed by atoms with Crippen LogP contribution in [-0.2, 0) is 0 Å². The van der Waals surface area contributed by atoms with Crippen LogP contribution in [0.15, 0.2) is 30.5 Å². The van der Waals surface area contributed by atoms with Crippen LogP contribution >= 0.6 is 11.6 Å². The Hall–Kier alpha value is -2.05. The van der Waals surface area contributed by atoms with Crippen molar-refractivity contribution in [2.45, 2.75) is 31.8 Å². The molecule has 0 unspecified atom stereocenters. The molecule has 2 atom stereocenters. The molecule has 1 aromatic carbocycles. The van der Waals surface area contributed by atoms with E-state index in [-0.39, 0.29) is 17.2 Å². The van der Waals surface area contributed by atoms with Gasteiger partial charge < -0.3 is 10.1 Å². The molecule has 25 heavy (non-hydrogen) atoms. The maximum atomic E-state index is 12.6. The third-order valence-electron chi connectivity index (χ3n) is 5.34. The summed E-state index contributed by atoms with van der Waals surface area (Å²) in [5, 5.41) is 3.51. The summed E-state index contributed by atoms with van der Waals surface area (Å²) in [6, 6.07) is 7.72. The highest BCUT2D eigenvalue weighted by Gasteiger charge is 2.40. The van der Waals surface area contributed by atoms with Crippen LogP contribution in [0.1, 0.15) is 30.1 Å². The number of rotatable bonds is 4. The fraction of sp³-hybridized carbons (Fsp3) is 0.444. The second-order valence-electron chi connectivity index (χ2n) is 6.78. The first kappa shape index (κ1) is 16.4. The van der Waals surface area contributed by atoms with Gasteiger partial charge in [0.2, 0.25) is 11.2 Å². The Morgan fingerprint density at radius 2 is 2.04 bits per heavy atom.